The molecule has 0 bridgehead atoms. The summed E-state index contributed by atoms with van der Waals surface area (Å²) in [7, 11) is 0. The Morgan fingerprint density at radius 3 is 1.63 bits per heavy atom. The predicted octanol–water partition coefficient (Wildman–Crippen LogP) is 6.82. The molecule has 0 aliphatic carbocycles. The minimum Gasteiger partial charge on any atom is -0.546 e. The number of carbonyl (C=O) groups excluding carboxylic acids is 1. The van der Waals surface area contributed by atoms with Gasteiger partial charge < -0.3 is 14.6 Å². The lowest BCUT2D eigenvalue weighted by atomic mass is 9.53. The Morgan fingerprint density at radius 1 is 0.800 bits per heavy atom. The van der Waals surface area contributed by atoms with Crippen molar-refractivity contribution in [3.05, 3.63) is 29.8 Å². The third-order valence-electron chi connectivity index (χ3n) is 7.00. The number of carboxylic acid groups (broad SMARTS) is 1. The molecule has 1 aromatic rings. The Morgan fingerprint density at radius 2 is 1.23 bits per heavy atom. The Balaban J connectivity index is 3.42. The summed E-state index contributed by atoms with van der Waals surface area (Å²) in [6.07, 6.45) is 14.8. The van der Waals surface area contributed by atoms with E-state index in [0.29, 0.717) is 5.75 Å². The van der Waals surface area contributed by atoms with Gasteiger partial charge in [-0.3, -0.25) is 0 Å². The zero-order valence-corrected chi connectivity index (χ0v) is 20.2. The van der Waals surface area contributed by atoms with Gasteiger partial charge in [-0.05, 0) is 48.8 Å². The molecule has 0 saturated heterocycles. The summed E-state index contributed by atoms with van der Waals surface area (Å²) in [5.74, 6) is -0.585. The molecule has 0 amide bonds. The van der Waals surface area contributed by atoms with E-state index < -0.39 is 12.6 Å². The van der Waals surface area contributed by atoms with E-state index >= 15 is 0 Å². The average molecular weight is 418 g/mol. The molecule has 3 nitrogen and oxygen atoms in total. The predicted molar refractivity (Wildman–Crippen MR) is 125 cm³/mol. The normalized spacial score (nSPS) is 12.2. The fourth-order valence-electron chi connectivity index (χ4n) is 5.07. The topological polar surface area (TPSA) is 49.4 Å². The molecule has 0 aromatic heterocycles. The van der Waals surface area contributed by atoms with E-state index in [1.54, 1.807) is 0 Å². The summed E-state index contributed by atoms with van der Waals surface area (Å²) in [5.41, 5.74) is 1.81. The van der Waals surface area contributed by atoms with Crippen LogP contribution >= 0.6 is 0 Å². The van der Waals surface area contributed by atoms with Gasteiger partial charge in [-0.1, -0.05) is 98.1 Å². The molecule has 0 fully saturated rings. The number of ether oxygens (including phenoxy) is 1. The molecule has 30 heavy (non-hydrogen) atoms. The summed E-state index contributed by atoms with van der Waals surface area (Å²) in [4.78, 5) is 10.7. The molecule has 1 rings (SSSR count). The highest BCUT2D eigenvalue weighted by atomic mass is 16.5. The number of hydrogen-bond donors (Lipinski definition) is 0. The van der Waals surface area contributed by atoms with Gasteiger partial charge in [-0.15, -0.1) is 0 Å². The fraction of sp³-hybridized carbons (Fsp3) is 0.741. The number of carboxylic acids is 1. The molecule has 0 saturated carbocycles. The monoisotopic (exact) mass is 417 g/mol. The van der Waals surface area contributed by atoms with Crippen LogP contribution in [0.4, 0.5) is 0 Å². The van der Waals surface area contributed by atoms with Crippen LogP contribution in [0.2, 0.25) is 0 Å². The maximum absolute atomic E-state index is 10.7. The van der Waals surface area contributed by atoms with Gasteiger partial charge in [0.1, 0.15) is 12.4 Å². The number of aliphatic carboxylic acids is 1. The number of hydrogen-bond acceptors (Lipinski definition) is 3. The first-order chi connectivity index (χ1) is 14.4. The molecule has 3 heteroatoms. The van der Waals surface area contributed by atoms with Crippen molar-refractivity contribution in [3.8, 4) is 5.75 Å². The van der Waals surface area contributed by atoms with Crippen LogP contribution in [0.1, 0.15) is 117 Å². The molecule has 1 aromatic carbocycles. The highest BCUT2D eigenvalue weighted by Gasteiger charge is 2.47. The molecule has 0 aliphatic rings. The summed E-state index contributed by atoms with van der Waals surface area (Å²) in [6, 6.07) is 8.30. The van der Waals surface area contributed by atoms with Gasteiger partial charge in [0.05, 0.1) is 5.97 Å². The Labute approximate surface area is 185 Å². The van der Waals surface area contributed by atoms with Crippen molar-refractivity contribution in [1.29, 1.82) is 0 Å². The second-order valence-electron chi connectivity index (χ2n) is 9.24. The van der Waals surface area contributed by atoms with E-state index in [1.807, 2.05) is 12.1 Å². The lowest BCUT2D eigenvalue weighted by Gasteiger charge is -2.51. The first kappa shape index (κ1) is 26.5. The van der Waals surface area contributed by atoms with Gasteiger partial charge in [0, 0.05) is 5.41 Å². The van der Waals surface area contributed by atoms with Gasteiger partial charge in [0.15, 0.2) is 0 Å². The minimum absolute atomic E-state index is 0.149. The van der Waals surface area contributed by atoms with E-state index in [2.05, 4.69) is 46.8 Å². The zero-order valence-electron chi connectivity index (χ0n) is 20.2. The first-order valence-corrected chi connectivity index (χ1v) is 12.3. The standard InChI is InChI=1S/C27H46O3/c1-6-10-18-26(5,19-11-7-2)27(20-12-8-3,21-13-9-4)23-14-16-24(17-15-23)30-22-25(28)29/h14-17H,6-13,18-22H2,1-5H3,(H,28,29)/p-1. The summed E-state index contributed by atoms with van der Waals surface area (Å²) in [6.45, 7) is 11.3. The van der Waals surface area contributed by atoms with Crippen LogP contribution in [0, 0.1) is 5.41 Å². The number of benzene rings is 1. The summed E-state index contributed by atoms with van der Waals surface area (Å²) in [5, 5.41) is 10.7. The van der Waals surface area contributed by atoms with E-state index in [-0.39, 0.29) is 10.8 Å². The van der Waals surface area contributed by atoms with Crippen LogP contribution in [-0.4, -0.2) is 12.6 Å². The fourth-order valence-corrected chi connectivity index (χ4v) is 5.07. The van der Waals surface area contributed by atoms with Crippen molar-refractivity contribution in [2.24, 2.45) is 5.41 Å². The van der Waals surface area contributed by atoms with Crippen molar-refractivity contribution in [1.82, 2.24) is 0 Å². The Hall–Kier alpha value is -1.51. The van der Waals surface area contributed by atoms with Crippen LogP contribution in [0.25, 0.3) is 0 Å². The third-order valence-corrected chi connectivity index (χ3v) is 7.00. The highest BCUT2D eigenvalue weighted by Crippen LogP contribution is 2.54. The van der Waals surface area contributed by atoms with Gasteiger partial charge >= 0.3 is 0 Å². The van der Waals surface area contributed by atoms with E-state index in [4.69, 9.17) is 4.74 Å². The van der Waals surface area contributed by atoms with Gasteiger partial charge in [-0.25, -0.2) is 0 Å². The first-order valence-electron chi connectivity index (χ1n) is 12.3. The maximum Gasteiger partial charge on any atom is 0.128 e. The number of carbonyl (C=O) groups is 1. The lowest BCUT2D eigenvalue weighted by Crippen LogP contribution is -2.44. The molecular formula is C27H45O3-. The van der Waals surface area contributed by atoms with Crippen LogP contribution < -0.4 is 9.84 Å². The third kappa shape index (κ3) is 7.32. The van der Waals surface area contributed by atoms with Crippen LogP contribution in [-0.2, 0) is 10.2 Å². The van der Waals surface area contributed by atoms with Crippen molar-refractivity contribution < 1.29 is 14.6 Å². The second kappa shape index (κ2) is 13.7. The Kier molecular flexibility index (Phi) is 12.1. The second-order valence-corrected chi connectivity index (χ2v) is 9.24. The van der Waals surface area contributed by atoms with Crippen LogP contribution in [0.3, 0.4) is 0 Å². The van der Waals surface area contributed by atoms with Crippen molar-refractivity contribution in [2.75, 3.05) is 6.61 Å². The van der Waals surface area contributed by atoms with Crippen molar-refractivity contribution in [3.63, 3.8) is 0 Å². The minimum atomic E-state index is -1.19. The summed E-state index contributed by atoms with van der Waals surface area (Å²) < 4.78 is 5.35. The summed E-state index contributed by atoms with van der Waals surface area (Å²) >= 11 is 0. The molecule has 0 radical (unpaired) electrons. The van der Waals surface area contributed by atoms with E-state index in [0.717, 1.165) is 0 Å². The molecule has 172 valence electrons. The average Bonchev–Trinajstić information content (AvgIpc) is 2.75. The molecule has 0 spiro atoms. The highest BCUT2D eigenvalue weighted by molar-refractivity contribution is 5.66. The Bertz CT molecular complexity index is 575. The molecular weight excluding hydrogens is 372 g/mol. The van der Waals surface area contributed by atoms with Crippen LogP contribution in [0.5, 0.6) is 5.75 Å². The maximum atomic E-state index is 10.7. The lowest BCUT2D eigenvalue weighted by molar-refractivity contribution is -0.307. The van der Waals surface area contributed by atoms with Gasteiger partial charge in [-0.2, -0.15) is 0 Å². The van der Waals surface area contributed by atoms with Crippen molar-refractivity contribution in [2.45, 2.75) is 117 Å². The smallest absolute Gasteiger partial charge is 0.128 e. The molecule has 0 atom stereocenters. The number of rotatable bonds is 17. The van der Waals surface area contributed by atoms with Crippen molar-refractivity contribution >= 4 is 5.97 Å². The molecule has 0 unspecified atom stereocenters. The van der Waals surface area contributed by atoms with Gasteiger partial charge in [0.2, 0.25) is 0 Å². The van der Waals surface area contributed by atoms with E-state index in [1.165, 1.54) is 82.6 Å². The largest absolute Gasteiger partial charge is 0.546 e. The van der Waals surface area contributed by atoms with Gasteiger partial charge in [0.25, 0.3) is 0 Å². The van der Waals surface area contributed by atoms with E-state index in [9.17, 15) is 9.90 Å². The molecule has 0 heterocycles. The SMILES string of the molecule is CCCCC(C)(CCCC)C(CCCC)(CCCC)c1ccc(OCC(=O)[O-])cc1. The molecule has 0 N–H and O–H groups in total. The molecule has 0 aliphatic heterocycles. The quantitative estimate of drug-likeness (QED) is 0.279. The van der Waals surface area contributed by atoms with Crippen LogP contribution in [0.15, 0.2) is 24.3 Å². The number of unbranched alkanes of at least 4 members (excludes halogenated alkanes) is 4. The zero-order chi connectivity index (χ0) is 22.5.